The molecule has 4 aliphatic heterocycles. The normalized spacial score (nSPS) is 14.5. The largest absolute Gasteiger partial charge is 0.446 e. The summed E-state index contributed by atoms with van der Waals surface area (Å²) in [5, 5.41) is 21.8. The van der Waals surface area contributed by atoms with Gasteiger partial charge in [0.1, 0.15) is 60.9 Å². The van der Waals surface area contributed by atoms with Gasteiger partial charge in [-0.15, -0.1) is 34.0 Å². The van der Waals surface area contributed by atoms with Crippen LogP contribution in [0.25, 0.3) is 45.0 Å². The van der Waals surface area contributed by atoms with E-state index in [4.69, 9.17) is 4.42 Å². The molecule has 27 heteroatoms. The summed E-state index contributed by atoms with van der Waals surface area (Å²) in [4.78, 5) is 76.7. The average molecular weight is 1590 g/mol. The van der Waals surface area contributed by atoms with E-state index in [0.29, 0.717) is 67.3 Å². The summed E-state index contributed by atoms with van der Waals surface area (Å²) >= 11 is 5.13. The quantitative estimate of drug-likeness (QED) is 0.0829. The van der Waals surface area contributed by atoms with E-state index in [0.717, 1.165) is 167 Å². The predicted molar refractivity (Wildman–Crippen MR) is 432 cm³/mol. The van der Waals surface area contributed by atoms with E-state index in [1.807, 2.05) is 72.2 Å². The summed E-state index contributed by atoms with van der Waals surface area (Å²) in [5.74, 6) is 0.866. The number of aryl methyl sites for hydroxylation is 10. The van der Waals surface area contributed by atoms with Crippen molar-refractivity contribution in [3.05, 3.63) is 236 Å². The van der Waals surface area contributed by atoms with Gasteiger partial charge in [-0.2, -0.15) is 20.4 Å². The first-order chi connectivity index (χ1) is 54.4. The highest BCUT2D eigenvalue weighted by molar-refractivity contribution is 7.11. The molecule has 4 aromatic carbocycles. The summed E-state index contributed by atoms with van der Waals surface area (Å²) in [5.41, 5.74) is 19.2. The Hall–Kier alpha value is -10.5. The highest BCUT2D eigenvalue weighted by Gasteiger charge is 2.31. The van der Waals surface area contributed by atoms with Gasteiger partial charge in [0.05, 0.1) is 57.8 Å². The summed E-state index contributed by atoms with van der Waals surface area (Å²) in [7, 11) is 0. The van der Waals surface area contributed by atoms with Crippen LogP contribution in [0.15, 0.2) is 118 Å². The van der Waals surface area contributed by atoms with Crippen LogP contribution in [-0.2, 0) is 123 Å². The number of oxazole rings is 1. The number of benzene rings is 4. The minimum Gasteiger partial charge on any atom is -0.446 e. The van der Waals surface area contributed by atoms with Crippen molar-refractivity contribution in [3.63, 3.8) is 0 Å². The summed E-state index contributed by atoms with van der Waals surface area (Å²) in [6, 6.07) is 30.2. The maximum atomic E-state index is 13.6. The molecule has 0 bridgehead atoms. The van der Waals surface area contributed by atoms with Crippen molar-refractivity contribution in [1.82, 2.24) is 73.7 Å². The molecule has 590 valence electrons. The van der Waals surface area contributed by atoms with Crippen molar-refractivity contribution in [3.8, 4) is 45.0 Å². The lowest BCUT2D eigenvalue weighted by Gasteiger charge is -2.27. The molecule has 12 aromatic rings. The van der Waals surface area contributed by atoms with E-state index >= 15 is 0 Å². The number of hydrogen-bond donors (Lipinski definition) is 0. The van der Waals surface area contributed by atoms with Crippen molar-refractivity contribution in [2.24, 2.45) is 0 Å². The van der Waals surface area contributed by atoms with E-state index < -0.39 is 0 Å². The van der Waals surface area contributed by atoms with Crippen LogP contribution in [0.1, 0.15) is 134 Å². The molecule has 16 rings (SSSR count). The fourth-order valence-electron chi connectivity index (χ4n) is 14.8. The lowest BCUT2D eigenvalue weighted by atomic mass is 10.1. The van der Waals surface area contributed by atoms with Gasteiger partial charge in [-0.3, -0.25) is 37.9 Å². The number of fused-ring (bicyclic) bond motifs is 4. The van der Waals surface area contributed by atoms with E-state index in [1.165, 1.54) is 44.5 Å². The molecule has 1 atom stereocenters. The molecule has 8 aromatic heterocycles. The van der Waals surface area contributed by atoms with E-state index in [2.05, 4.69) is 67.6 Å². The molecule has 0 saturated heterocycles. The van der Waals surface area contributed by atoms with Crippen LogP contribution in [-0.4, -0.2) is 136 Å². The molecule has 0 N–H and O–H groups in total. The fourth-order valence-corrected chi connectivity index (χ4v) is 17.6. The molecule has 0 spiro atoms. The molecule has 0 radical (unpaired) electrons. The first kappa shape index (κ1) is 80.5. The van der Waals surface area contributed by atoms with Crippen LogP contribution < -0.4 is 0 Å². The topological polar surface area (TPSA) is 204 Å². The molecular weight excluding hydrogens is 1500 g/mol. The van der Waals surface area contributed by atoms with Gasteiger partial charge in [0.15, 0.2) is 5.89 Å². The molecule has 0 saturated carbocycles. The number of hydrogen-bond acceptors (Lipinski definition) is 15. The molecule has 1 unspecified atom stereocenters. The number of amides is 4. The van der Waals surface area contributed by atoms with Gasteiger partial charge in [-0.05, 0) is 210 Å². The zero-order chi connectivity index (χ0) is 79.9. The lowest BCUT2D eigenvalue weighted by Crippen LogP contribution is -2.42. The van der Waals surface area contributed by atoms with Gasteiger partial charge in [0, 0.05) is 137 Å². The van der Waals surface area contributed by atoms with Gasteiger partial charge in [0.25, 0.3) is 0 Å². The second-order valence-electron chi connectivity index (χ2n) is 29.2. The standard InChI is InChI=1S/C23H27FN4OS.C21H23FN4O2.C21H23FN4OS.C21H22FN3OS/c1-5-18-12-21(17-6-7-19(24)14(2)10-17)26-28(18)13-23(29)27-9-8-20-22(11-15(27)3)30-16(4)25-20;1-4-16-10-18(15-5-6-17(22)13(2)9-15)24-26(16)12-21(27)25-8-7-20-19(11-25)23-14(3)28-20;1-3-16-11-19(15-4-5-17(22)14(2)10-15)24-26(16)12-21(27)25-8-6-18-20(7-9-25)28-13-23-18;1-3-17-11-19(16-4-5-18(22)14(2)10-16)23-25(17)13-21(26)24-8-6-15-7-9-27-20(15)12-24/h6-7,10,12,15H,5,8-9,11,13H2,1-4H3;5-6,9-10H,4,7-8,11-12H2,1-3H3;4-5,10-11,13H,3,6-9,12H2,1-2H3;4-5,7,9-11H,3,6,8,12-13H2,1-2H3. The molecule has 0 fully saturated rings. The average Bonchev–Trinajstić information content (AvgIpc) is 1.73. The van der Waals surface area contributed by atoms with Gasteiger partial charge in [-0.1, -0.05) is 27.7 Å². The Morgan fingerprint density at radius 2 is 0.867 bits per heavy atom. The summed E-state index contributed by atoms with van der Waals surface area (Å²) < 4.78 is 67.0. The van der Waals surface area contributed by atoms with Crippen LogP contribution >= 0.6 is 34.0 Å². The number of aromatic nitrogens is 11. The number of thiophene rings is 1. The second-order valence-corrected chi connectivity index (χ2v) is 32.4. The van der Waals surface area contributed by atoms with Gasteiger partial charge >= 0.3 is 0 Å². The minimum atomic E-state index is -0.235. The third-order valence-corrected chi connectivity index (χ3v) is 24.3. The molecule has 0 aliphatic carbocycles. The van der Waals surface area contributed by atoms with E-state index in [9.17, 15) is 36.7 Å². The monoisotopic (exact) mass is 1590 g/mol. The minimum absolute atomic E-state index is 0.00550. The van der Waals surface area contributed by atoms with Gasteiger partial charge in [0.2, 0.25) is 23.6 Å². The first-order valence-electron chi connectivity index (χ1n) is 38.7. The zero-order valence-electron chi connectivity index (χ0n) is 65.9. The van der Waals surface area contributed by atoms with Crippen LogP contribution in [0.2, 0.25) is 0 Å². The molecule has 113 heavy (non-hydrogen) atoms. The maximum absolute atomic E-state index is 13.6. The number of halogens is 4. The second kappa shape index (κ2) is 35.7. The Kier molecular flexibility index (Phi) is 25.4. The Morgan fingerprint density at radius 3 is 1.34 bits per heavy atom. The molecule has 20 nitrogen and oxygen atoms in total. The third kappa shape index (κ3) is 18.9. The number of thiazole rings is 2. The van der Waals surface area contributed by atoms with Crippen molar-refractivity contribution in [1.29, 1.82) is 0 Å². The Labute approximate surface area is 668 Å². The smallest absolute Gasteiger partial charge is 0.244 e. The lowest BCUT2D eigenvalue weighted by molar-refractivity contribution is -0.134. The number of carbonyl (C=O) groups is 4. The van der Waals surface area contributed by atoms with Gasteiger partial charge in [-0.25, -0.2) is 32.5 Å². The van der Waals surface area contributed by atoms with Crippen molar-refractivity contribution in [2.45, 2.75) is 186 Å². The SMILES string of the molecule is CCc1cc(-c2ccc(F)c(C)c2)nn1CC(=O)N1CCc2ccsc2C1.CCc1cc(-c2ccc(F)c(C)c2)nn1CC(=O)N1CCc2nc(C)sc2CC1C.CCc1cc(-c2ccc(F)c(C)c2)nn1CC(=O)N1CCc2ncsc2CC1.CCc1cc(-c2ccc(F)c(C)c2)nn1CC(=O)N1CCc2oc(C)nc2C1. The van der Waals surface area contributed by atoms with Crippen molar-refractivity contribution < 1.29 is 41.2 Å². The van der Waals surface area contributed by atoms with E-state index in [-0.39, 0.29) is 79.1 Å². The van der Waals surface area contributed by atoms with Crippen molar-refractivity contribution >= 4 is 57.6 Å². The Morgan fingerprint density at radius 1 is 0.442 bits per heavy atom. The predicted octanol–water partition coefficient (Wildman–Crippen LogP) is 15.6. The van der Waals surface area contributed by atoms with Crippen LogP contribution in [0.3, 0.4) is 0 Å². The molecule has 4 aliphatic rings. The third-order valence-electron chi connectivity index (χ3n) is 21.3. The highest BCUT2D eigenvalue weighted by atomic mass is 32.1. The fraction of sp³-hybridized carbons (Fsp3) is 0.384. The maximum Gasteiger partial charge on any atom is 0.244 e. The Bertz CT molecular complexity index is 5420. The van der Waals surface area contributed by atoms with Crippen LogP contribution in [0.5, 0.6) is 0 Å². The summed E-state index contributed by atoms with van der Waals surface area (Å²) in [6.07, 6.45) is 8.03. The van der Waals surface area contributed by atoms with Crippen LogP contribution in [0, 0.1) is 64.8 Å². The highest BCUT2D eigenvalue weighted by Crippen LogP contribution is 2.32. The molecule has 4 amide bonds. The number of carbonyl (C=O) groups excluding carboxylic acids is 4. The van der Waals surface area contributed by atoms with Crippen molar-refractivity contribution in [2.75, 3.05) is 32.7 Å². The Balaban J connectivity index is 0.000000132. The van der Waals surface area contributed by atoms with E-state index in [1.54, 1.807) is 134 Å². The summed E-state index contributed by atoms with van der Waals surface area (Å²) in [6.45, 7) is 26.6. The number of rotatable bonds is 16. The van der Waals surface area contributed by atoms with Crippen LogP contribution in [0.4, 0.5) is 17.6 Å². The number of nitrogens with zero attached hydrogens (tertiary/aromatic N) is 15. The molecular formula is C86H95F4N15O5S3. The zero-order valence-corrected chi connectivity index (χ0v) is 68.3. The molecule has 12 heterocycles. The first-order valence-corrected chi connectivity index (χ1v) is 41.3. The van der Waals surface area contributed by atoms with Gasteiger partial charge < -0.3 is 24.0 Å².